The Morgan fingerprint density at radius 3 is 2.58 bits per heavy atom. The van der Waals surface area contributed by atoms with Crippen LogP contribution in [0.1, 0.15) is 68.6 Å². The summed E-state index contributed by atoms with van der Waals surface area (Å²) in [6.45, 7) is 0.564. The van der Waals surface area contributed by atoms with Crippen molar-refractivity contribution in [1.82, 2.24) is 9.97 Å². The third kappa shape index (κ3) is 7.20. The van der Waals surface area contributed by atoms with Crippen LogP contribution >= 0.6 is 0 Å². The van der Waals surface area contributed by atoms with Gasteiger partial charge in [0.05, 0.1) is 17.3 Å². The van der Waals surface area contributed by atoms with Crippen LogP contribution < -0.4 is 16.4 Å². The van der Waals surface area contributed by atoms with Crippen LogP contribution in [0.3, 0.4) is 0 Å². The molecule has 2 saturated carbocycles. The molecular weight excluding hydrogens is 415 g/mol. The van der Waals surface area contributed by atoms with Crippen molar-refractivity contribution in [3.63, 3.8) is 0 Å². The lowest BCUT2D eigenvalue weighted by Gasteiger charge is -2.34. The number of alkyl halides is 3. The predicted octanol–water partition coefficient (Wildman–Crippen LogP) is 2.98. The van der Waals surface area contributed by atoms with Crippen molar-refractivity contribution in [2.45, 2.75) is 88.3 Å². The molecule has 0 bridgehead atoms. The zero-order valence-corrected chi connectivity index (χ0v) is 17.5. The van der Waals surface area contributed by atoms with Crippen molar-refractivity contribution in [2.75, 3.05) is 17.2 Å². The number of carbonyl (C=O) groups is 1. The number of aromatic nitrogens is 2. The number of carbonyl (C=O) groups excluding carboxylic acids is 1. The van der Waals surface area contributed by atoms with E-state index in [-0.39, 0.29) is 17.6 Å². The van der Waals surface area contributed by atoms with Crippen LogP contribution in [0.5, 0.6) is 0 Å². The Morgan fingerprint density at radius 1 is 1.26 bits per heavy atom. The fourth-order valence-corrected chi connectivity index (χ4v) is 4.29. The van der Waals surface area contributed by atoms with Gasteiger partial charge in [0.1, 0.15) is 12.4 Å². The molecule has 0 aliphatic heterocycles. The molecule has 0 saturated heterocycles. The van der Waals surface area contributed by atoms with Gasteiger partial charge in [-0.3, -0.25) is 4.79 Å². The SMILES string of the molecule is C[C@]1(O)CCCC(Nc2nc(N[C@H]3CC[C@H](OCC(F)(F)F)CC3)ncc2C(N)=O)C1. The van der Waals surface area contributed by atoms with E-state index in [0.717, 1.165) is 19.3 Å². The van der Waals surface area contributed by atoms with Gasteiger partial charge in [-0.1, -0.05) is 0 Å². The molecule has 1 heterocycles. The predicted molar refractivity (Wildman–Crippen MR) is 109 cm³/mol. The Labute approximate surface area is 179 Å². The summed E-state index contributed by atoms with van der Waals surface area (Å²) in [5.41, 5.74) is 4.85. The van der Waals surface area contributed by atoms with E-state index in [9.17, 15) is 23.1 Å². The summed E-state index contributed by atoms with van der Waals surface area (Å²) in [4.78, 5) is 20.4. The van der Waals surface area contributed by atoms with Gasteiger partial charge in [0.25, 0.3) is 5.91 Å². The maximum absolute atomic E-state index is 12.3. The molecule has 1 amide bonds. The van der Waals surface area contributed by atoms with E-state index in [1.807, 2.05) is 0 Å². The first-order valence-corrected chi connectivity index (χ1v) is 10.6. The van der Waals surface area contributed by atoms with Crippen molar-refractivity contribution < 1.29 is 27.8 Å². The van der Waals surface area contributed by atoms with Gasteiger partial charge in [-0.2, -0.15) is 18.2 Å². The second-order valence-corrected chi connectivity index (χ2v) is 8.80. The largest absolute Gasteiger partial charge is 0.411 e. The van der Waals surface area contributed by atoms with Crippen molar-refractivity contribution in [3.8, 4) is 0 Å². The molecule has 0 radical (unpaired) electrons. The molecule has 11 heteroatoms. The van der Waals surface area contributed by atoms with Crippen LogP contribution in [0.2, 0.25) is 0 Å². The van der Waals surface area contributed by atoms with Gasteiger partial charge in [0, 0.05) is 18.3 Å². The average molecular weight is 445 g/mol. The highest BCUT2D eigenvalue weighted by Crippen LogP contribution is 2.31. The van der Waals surface area contributed by atoms with Crippen LogP contribution in [0.25, 0.3) is 0 Å². The van der Waals surface area contributed by atoms with Gasteiger partial charge < -0.3 is 26.2 Å². The lowest BCUT2D eigenvalue weighted by molar-refractivity contribution is -0.187. The number of amides is 1. The van der Waals surface area contributed by atoms with Gasteiger partial charge in [0.15, 0.2) is 0 Å². The van der Waals surface area contributed by atoms with E-state index in [0.29, 0.717) is 43.9 Å². The van der Waals surface area contributed by atoms with Crippen molar-refractivity contribution in [3.05, 3.63) is 11.8 Å². The van der Waals surface area contributed by atoms with Crippen molar-refractivity contribution >= 4 is 17.7 Å². The number of anilines is 2. The summed E-state index contributed by atoms with van der Waals surface area (Å²) >= 11 is 0. The molecule has 2 aliphatic rings. The fraction of sp³-hybridized carbons (Fsp3) is 0.750. The molecule has 3 rings (SSSR count). The van der Waals surface area contributed by atoms with Gasteiger partial charge in [-0.15, -0.1) is 0 Å². The topological polar surface area (TPSA) is 122 Å². The van der Waals surface area contributed by atoms with Gasteiger partial charge >= 0.3 is 6.18 Å². The summed E-state index contributed by atoms with van der Waals surface area (Å²) < 4.78 is 41.9. The standard InChI is InChI=1S/C20H30F3N5O3/c1-19(30)8-2-3-13(9-19)26-17-15(16(24)29)10-25-18(28-17)27-12-4-6-14(7-5-12)31-11-20(21,22)23/h10,12-14,30H,2-9,11H2,1H3,(H2,24,29)(H2,25,26,27,28)/t12-,13?,14-,19-/m0/s1. The van der Waals surface area contributed by atoms with Gasteiger partial charge in [0.2, 0.25) is 5.95 Å². The lowest BCUT2D eigenvalue weighted by atomic mass is 9.83. The molecule has 1 aromatic rings. The highest BCUT2D eigenvalue weighted by atomic mass is 19.4. The quantitative estimate of drug-likeness (QED) is 0.509. The summed E-state index contributed by atoms with van der Waals surface area (Å²) in [7, 11) is 0. The second kappa shape index (κ2) is 9.56. The number of rotatable bonds is 7. The lowest BCUT2D eigenvalue weighted by Crippen LogP contribution is -2.38. The second-order valence-electron chi connectivity index (χ2n) is 8.80. The Hall–Kier alpha value is -2.14. The number of nitrogens with zero attached hydrogens (tertiary/aromatic N) is 2. The molecule has 0 aromatic carbocycles. The summed E-state index contributed by atoms with van der Waals surface area (Å²) in [6, 6.07) is -0.0563. The van der Waals surface area contributed by atoms with E-state index in [4.69, 9.17) is 10.5 Å². The molecule has 1 aromatic heterocycles. The van der Waals surface area contributed by atoms with Crippen LogP contribution in [-0.2, 0) is 4.74 Å². The molecule has 2 aliphatic carbocycles. The first-order chi connectivity index (χ1) is 14.5. The van der Waals surface area contributed by atoms with Crippen LogP contribution in [0.15, 0.2) is 6.20 Å². The molecular formula is C20H30F3N5O3. The molecule has 174 valence electrons. The molecule has 2 fully saturated rings. The highest BCUT2D eigenvalue weighted by molar-refractivity contribution is 5.97. The van der Waals surface area contributed by atoms with E-state index in [1.165, 1.54) is 6.20 Å². The smallest absolute Gasteiger partial charge is 0.390 e. The van der Waals surface area contributed by atoms with E-state index in [1.54, 1.807) is 6.92 Å². The number of aliphatic hydroxyl groups is 1. The molecule has 1 unspecified atom stereocenters. The summed E-state index contributed by atoms with van der Waals surface area (Å²) in [6.07, 6.45) is 1.84. The summed E-state index contributed by atoms with van der Waals surface area (Å²) in [5, 5.41) is 16.7. The van der Waals surface area contributed by atoms with Crippen LogP contribution in [0.4, 0.5) is 24.9 Å². The third-order valence-corrected chi connectivity index (χ3v) is 5.84. The highest BCUT2D eigenvalue weighted by Gasteiger charge is 2.32. The number of nitrogens with one attached hydrogen (secondary N) is 2. The van der Waals surface area contributed by atoms with Gasteiger partial charge in [-0.05, 0) is 58.3 Å². The Balaban J connectivity index is 1.60. The molecule has 2 atom stereocenters. The average Bonchev–Trinajstić information content (AvgIpc) is 2.66. The number of primary amides is 1. The third-order valence-electron chi connectivity index (χ3n) is 5.84. The molecule has 31 heavy (non-hydrogen) atoms. The number of halogens is 3. The monoisotopic (exact) mass is 445 g/mol. The number of hydrogen-bond donors (Lipinski definition) is 4. The Kier molecular flexibility index (Phi) is 7.25. The Morgan fingerprint density at radius 2 is 1.97 bits per heavy atom. The maximum atomic E-state index is 12.3. The van der Waals surface area contributed by atoms with E-state index >= 15 is 0 Å². The number of ether oxygens (including phenoxy) is 1. The summed E-state index contributed by atoms with van der Waals surface area (Å²) in [5.74, 6) is -0.0245. The van der Waals surface area contributed by atoms with Crippen LogP contribution in [-0.4, -0.2) is 57.6 Å². The minimum Gasteiger partial charge on any atom is -0.390 e. The fourth-order valence-electron chi connectivity index (χ4n) is 4.29. The van der Waals surface area contributed by atoms with Crippen molar-refractivity contribution in [1.29, 1.82) is 0 Å². The minimum atomic E-state index is -4.32. The molecule has 0 spiro atoms. The zero-order chi connectivity index (χ0) is 22.6. The first-order valence-electron chi connectivity index (χ1n) is 10.6. The molecule has 8 nitrogen and oxygen atoms in total. The van der Waals surface area contributed by atoms with Crippen LogP contribution in [0, 0.1) is 0 Å². The normalized spacial score (nSPS) is 29.4. The Bertz CT molecular complexity index is 767. The minimum absolute atomic E-state index is 0.00608. The zero-order valence-electron chi connectivity index (χ0n) is 17.5. The number of hydrogen-bond acceptors (Lipinski definition) is 7. The van der Waals surface area contributed by atoms with E-state index < -0.39 is 30.4 Å². The van der Waals surface area contributed by atoms with Gasteiger partial charge in [-0.25, -0.2) is 4.98 Å². The van der Waals surface area contributed by atoms with Crippen molar-refractivity contribution in [2.24, 2.45) is 5.73 Å². The maximum Gasteiger partial charge on any atom is 0.411 e. The number of nitrogens with two attached hydrogens (primary N) is 1. The molecule has 5 N–H and O–H groups in total. The van der Waals surface area contributed by atoms with E-state index in [2.05, 4.69) is 20.6 Å². The first kappa shape index (κ1) is 23.5.